The Balaban J connectivity index is 0.00000180. The summed E-state index contributed by atoms with van der Waals surface area (Å²) >= 11 is 6.15. The highest BCUT2D eigenvalue weighted by molar-refractivity contribution is 6.20. The quantitative estimate of drug-likeness (QED) is 0.852. The number of methoxy groups -OCH3 is 1. The number of para-hydroxylation sites is 1. The molecule has 2 aromatic rings. The summed E-state index contributed by atoms with van der Waals surface area (Å²) in [5.41, 5.74) is 2.96. The fourth-order valence-corrected chi connectivity index (χ4v) is 2.17. The zero-order valence-electron chi connectivity index (χ0n) is 11.2. The van der Waals surface area contributed by atoms with E-state index in [1.807, 2.05) is 31.2 Å². The van der Waals surface area contributed by atoms with Crippen molar-refractivity contribution in [2.24, 2.45) is 0 Å². The Morgan fingerprint density at radius 3 is 2.58 bits per heavy atom. The minimum atomic E-state index is -0.0975. The molecule has 1 aromatic carbocycles. The van der Waals surface area contributed by atoms with Crippen molar-refractivity contribution in [2.45, 2.75) is 25.6 Å². The van der Waals surface area contributed by atoms with Gasteiger partial charge in [-0.3, -0.25) is 0 Å². The van der Waals surface area contributed by atoms with Crippen LogP contribution in [0.4, 0.5) is 0 Å². The van der Waals surface area contributed by atoms with Gasteiger partial charge < -0.3 is 9.72 Å². The number of aryl methyl sites for hydroxylation is 1. The molecular weight excluding hydrogens is 283 g/mol. The standard InChI is InChI=1S/C14H17ClN2O.ClH/c1-4-11-13(9(2)15)17-14(16-11)10-7-5-6-8-12(10)18-3;/h5-9H,4H2,1-3H3,(H,16,17);1H. The molecule has 104 valence electrons. The molecule has 3 nitrogen and oxygen atoms in total. The lowest BCUT2D eigenvalue weighted by Crippen LogP contribution is -1.91. The number of aromatic nitrogens is 2. The molecule has 0 radical (unpaired) electrons. The predicted molar refractivity (Wildman–Crippen MR) is 81.5 cm³/mol. The Labute approximate surface area is 124 Å². The summed E-state index contributed by atoms with van der Waals surface area (Å²) in [5.74, 6) is 1.62. The van der Waals surface area contributed by atoms with Gasteiger partial charge >= 0.3 is 0 Å². The van der Waals surface area contributed by atoms with Crippen molar-refractivity contribution >= 4 is 24.0 Å². The van der Waals surface area contributed by atoms with Gasteiger partial charge in [0.2, 0.25) is 0 Å². The van der Waals surface area contributed by atoms with Crippen LogP contribution in [-0.2, 0) is 6.42 Å². The summed E-state index contributed by atoms with van der Waals surface area (Å²) in [6.45, 7) is 4.02. The monoisotopic (exact) mass is 300 g/mol. The number of benzene rings is 1. The SMILES string of the molecule is CCc1[nH]c(-c2ccccc2OC)nc1C(C)Cl.Cl. The lowest BCUT2D eigenvalue weighted by atomic mass is 10.2. The second kappa shape index (κ2) is 6.83. The van der Waals surface area contributed by atoms with Crippen LogP contribution in [0.15, 0.2) is 24.3 Å². The number of rotatable bonds is 4. The van der Waals surface area contributed by atoms with Gasteiger partial charge in [0, 0.05) is 5.69 Å². The van der Waals surface area contributed by atoms with E-state index in [1.54, 1.807) is 7.11 Å². The summed E-state index contributed by atoms with van der Waals surface area (Å²) in [4.78, 5) is 7.92. The Hall–Kier alpha value is -1.19. The van der Waals surface area contributed by atoms with E-state index in [-0.39, 0.29) is 17.8 Å². The fraction of sp³-hybridized carbons (Fsp3) is 0.357. The molecule has 1 unspecified atom stereocenters. The number of ether oxygens (including phenoxy) is 1. The molecule has 0 amide bonds. The molecule has 1 aromatic heterocycles. The highest BCUT2D eigenvalue weighted by Crippen LogP contribution is 2.31. The first-order valence-corrected chi connectivity index (χ1v) is 6.47. The third-order valence-corrected chi connectivity index (χ3v) is 3.11. The van der Waals surface area contributed by atoms with E-state index in [4.69, 9.17) is 16.3 Å². The number of hydrogen-bond acceptors (Lipinski definition) is 2. The number of nitrogens with one attached hydrogen (secondary N) is 1. The first kappa shape index (κ1) is 15.9. The number of nitrogens with zero attached hydrogens (tertiary/aromatic N) is 1. The second-order valence-electron chi connectivity index (χ2n) is 4.12. The van der Waals surface area contributed by atoms with E-state index in [9.17, 15) is 0 Å². The fourth-order valence-electron chi connectivity index (χ4n) is 1.99. The van der Waals surface area contributed by atoms with Gasteiger partial charge in [0.1, 0.15) is 11.6 Å². The van der Waals surface area contributed by atoms with Crippen molar-refractivity contribution in [1.29, 1.82) is 0 Å². The Morgan fingerprint density at radius 1 is 1.37 bits per heavy atom. The molecule has 0 saturated heterocycles. The number of imidazole rings is 1. The van der Waals surface area contributed by atoms with Crippen LogP contribution in [0.1, 0.15) is 30.6 Å². The molecule has 0 spiro atoms. The molecule has 0 bridgehead atoms. The predicted octanol–water partition coefficient (Wildman–Crippen LogP) is 4.37. The minimum absolute atomic E-state index is 0. The van der Waals surface area contributed by atoms with Gasteiger partial charge in [0.25, 0.3) is 0 Å². The lowest BCUT2D eigenvalue weighted by Gasteiger charge is -2.04. The van der Waals surface area contributed by atoms with Crippen molar-refractivity contribution < 1.29 is 4.74 Å². The Bertz CT molecular complexity index is 538. The van der Waals surface area contributed by atoms with E-state index >= 15 is 0 Å². The summed E-state index contributed by atoms with van der Waals surface area (Å²) in [6.07, 6.45) is 0.883. The van der Waals surface area contributed by atoms with Crippen LogP contribution in [0.25, 0.3) is 11.4 Å². The van der Waals surface area contributed by atoms with Crippen LogP contribution in [0.5, 0.6) is 5.75 Å². The zero-order chi connectivity index (χ0) is 13.1. The molecule has 1 N–H and O–H groups in total. The summed E-state index contributed by atoms with van der Waals surface area (Å²) in [7, 11) is 1.66. The highest BCUT2D eigenvalue weighted by atomic mass is 35.5. The number of halogens is 2. The Kier molecular flexibility index (Phi) is 5.70. The van der Waals surface area contributed by atoms with Crippen molar-refractivity contribution in [3.8, 4) is 17.1 Å². The van der Waals surface area contributed by atoms with Crippen LogP contribution in [0.3, 0.4) is 0 Å². The van der Waals surface area contributed by atoms with Gasteiger partial charge in [-0.15, -0.1) is 24.0 Å². The smallest absolute Gasteiger partial charge is 0.141 e. The van der Waals surface area contributed by atoms with Crippen LogP contribution < -0.4 is 4.74 Å². The van der Waals surface area contributed by atoms with Crippen molar-refractivity contribution in [1.82, 2.24) is 9.97 Å². The van der Waals surface area contributed by atoms with Gasteiger partial charge in [-0.05, 0) is 25.5 Å². The van der Waals surface area contributed by atoms with Gasteiger partial charge in [0.15, 0.2) is 0 Å². The molecule has 5 heteroatoms. The Morgan fingerprint density at radius 2 is 2.05 bits per heavy atom. The van der Waals surface area contributed by atoms with Gasteiger partial charge in [-0.2, -0.15) is 0 Å². The highest BCUT2D eigenvalue weighted by Gasteiger charge is 2.16. The molecule has 1 atom stereocenters. The van der Waals surface area contributed by atoms with Crippen molar-refractivity contribution in [3.05, 3.63) is 35.7 Å². The first-order valence-electron chi connectivity index (χ1n) is 6.03. The van der Waals surface area contributed by atoms with Crippen LogP contribution in [0, 0.1) is 0 Å². The summed E-state index contributed by atoms with van der Waals surface area (Å²) < 4.78 is 5.35. The van der Waals surface area contributed by atoms with E-state index in [0.29, 0.717) is 0 Å². The van der Waals surface area contributed by atoms with Gasteiger partial charge in [-0.1, -0.05) is 19.1 Å². The second-order valence-corrected chi connectivity index (χ2v) is 4.77. The van der Waals surface area contributed by atoms with Crippen molar-refractivity contribution in [3.63, 3.8) is 0 Å². The largest absolute Gasteiger partial charge is 0.496 e. The number of aromatic amines is 1. The molecule has 2 rings (SSSR count). The maximum absolute atomic E-state index is 6.15. The molecule has 1 heterocycles. The summed E-state index contributed by atoms with van der Waals surface area (Å²) in [5, 5.41) is -0.0975. The third kappa shape index (κ3) is 3.23. The average molecular weight is 301 g/mol. The van der Waals surface area contributed by atoms with Gasteiger partial charge in [0.05, 0.1) is 23.7 Å². The van der Waals surface area contributed by atoms with Crippen LogP contribution in [-0.4, -0.2) is 17.1 Å². The molecule has 0 fully saturated rings. The zero-order valence-corrected chi connectivity index (χ0v) is 12.8. The summed E-state index contributed by atoms with van der Waals surface area (Å²) in [6, 6.07) is 7.82. The van der Waals surface area contributed by atoms with E-state index in [0.717, 1.165) is 34.9 Å². The number of hydrogen-bond donors (Lipinski definition) is 1. The molecular formula is C14H18Cl2N2O. The molecule has 0 aliphatic rings. The molecule has 0 aliphatic heterocycles. The maximum Gasteiger partial charge on any atom is 0.141 e. The lowest BCUT2D eigenvalue weighted by molar-refractivity contribution is 0.416. The maximum atomic E-state index is 6.15. The van der Waals surface area contributed by atoms with E-state index < -0.39 is 0 Å². The van der Waals surface area contributed by atoms with Gasteiger partial charge in [-0.25, -0.2) is 4.98 Å². The number of H-pyrrole nitrogens is 1. The van der Waals surface area contributed by atoms with Crippen LogP contribution in [0.2, 0.25) is 0 Å². The normalized spacial score (nSPS) is 11.8. The molecule has 0 aliphatic carbocycles. The third-order valence-electron chi connectivity index (χ3n) is 2.90. The topological polar surface area (TPSA) is 37.9 Å². The molecule has 0 saturated carbocycles. The first-order chi connectivity index (χ1) is 8.67. The molecule has 19 heavy (non-hydrogen) atoms. The van der Waals surface area contributed by atoms with E-state index in [1.165, 1.54) is 0 Å². The van der Waals surface area contributed by atoms with E-state index in [2.05, 4.69) is 16.9 Å². The van der Waals surface area contributed by atoms with Crippen molar-refractivity contribution in [2.75, 3.05) is 7.11 Å². The minimum Gasteiger partial charge on any atom is -0.496 e. The number of alkyl halides is 1. The van der Waals surface area contributed by atoms with Crippen LogP contribution >= 0.6 is 24.0 Å². The average Bonchev–Trinajstić information content (AvgIpc) is 2.82.